The van der Waals surface area contributed by atoms with Crippen LogP contribution < -0.4 is 5.32 Å². The van der Waals surface area contributed by atoms with E-state index in [1.807, 2.05) is 0 Å². The number of quaternary nitrogens is 1. The fourth-order valence-electron chi connectivity index (χ4n) is 1.81. The van der Waals surface area contributed by atoms with Gasteiger partial charge in [0.05, 0.1) is 6.04 Å². The third-order valence-electron chi connectivity index (χ3n) is 2.53. The van der Waals surface area contributed by atoms with Gasteiger partial charge in [0.25, 0.3) is 5.52 Å². The van der Waals surface area contributed by atoms with Gasteiger partial charge >= 0.3 is 15.2 Å². The Morgan fingerprint density at radius 3 is 1.73 bits per heavy atom. The maximum absolute atomic E-state index is 10.9. The van der Waals surface area contributed by atoms with E-state index in [2.05, 4.69) is 0 Å². The second-order valence-electron chi connectivity index (χ2n) is 3.83. The summed E-state index contributed by atoms with van der Waals surface area (Å²) in [5.41, 5.74) is -1.94. The van der Waals surface area contributed by atoms with Crippen molar-refractivity contribution in [2.24, 2.45) is 0 Å². The minimum atomic E-state index is -4.77. The molecule has 7 nitrogen and oxygen atoms in total. The maximum atomic E-state index is 10.9. The zero-order valence-electron chi connectivity index (χ0n) is 8.06. The molecule has 0 atom stereocenters. The zero-order chi connectivity index (χ0) is 11.7. The first-order chi connectivity index (χ1) is 6.71. The molecule has 9 heteroatoms. The van der Waals surface area contributed by atoms with Crippen molar-refractivity contribution in [3.63, 3.8) is 0 Å². The highest BCUT2D eigenvalue weighted by Gasteiger charge is 2.48. The summed E-state index contributed by atoms with van der Waals surface area (Å²) in [5, 5.41) is 1.15. The van der Waals surface area contributed by atoms with Crippen molar-refractivity contribution in [3.05, 3.63) is 0 Å². The Bertz CT molecular complexity index is 281. The smallest absolute Gasteiger partial charge is 0.321 e. The average molecular weight is 260 g/mol. The van der Waals surface area contributed by atoms with Gasteiger partial charge in [-0.2, -0.15) is 0 Å². The van der Waals surface area contributed by atoms with Gasteiger partial charge in [-0.25, -0.2) is 0 Å². The first-order valence-corrected chi connectivity index (χ1v) is 8.03. The topological polar surface area (TPSA) is 132 Å². The molecule has 0 aromatic rings. The molecule has 0 saturated heterocycles. The fraction of sp³-hybridized carbons (Fsp3) is 1.00. The second kappa shape index (κ2) is 4.63. The van der Waals surface area contributed by atoms with Crippen molar-refractivity contribution >= 4 is 15.2 Å². The lowest BCUT2D eigenvalue weighted by Gasteiger charge is -2.20. The minimum absolute atomic E-state index is 0.0877. The van der Waals surface area contributed by atoms with Crippen molar-refractivity contribution in [2.75, 3.05) is 0 Å². The van der Waals surface area contributed by atoms with E-state index in [0.29, 0.717) is 0 Å². The molecule has 0 radical (unpaired) electrons. The standard InChI is InChI=1S/C6H15NO6P2/c8-14(9,10)6(15(11,12)13)7-5-3-1-2-4-5/h5-7H,1-4H2,(H2,8,9,10)(H2,11,12,13)/p+1. The molecule has 1 aliphatic rings. The van der Waals surface area contributed by atoms with E-state index < -0.39 is 20.7 Å². The summed E-state index contributed by atoms with van der Waals surface area (Å²) in [5.74, 6) is 0. The summed E-state index contributed by atoms with van der Waals surface area (Å²) in [6.07, 6.45) is 3.37. The third-order valence-corrected chi connectivity index (χ3v) is 6.06. The molecular formula is C6H16NO6P2+. The molecule has 0 aromatic heterocycles. The van der Waals surface area contributed by atoms with Crippen molar-refractivity contribution in [1.82, 2.24) is 0 Å². The predicted octanol–water partition coefficient (Wildman–Crippen LogP) is -0.869. The minimum Gasteiger partial charge on any atom is -0.321 e. The van der Waals surface area contributed by atoms with Crippen molar-refractivity contribution < 1.29 is 34.0 Å². The van der Waals surface area contributed by atoms with E-state index in [0.717, 1.165) is 31.0 Å². The van der Waals surface area contributed by atoms with Gasteiger partial charge in [0.15, 0.2) is 0 Å². The molecule has 0 aromatic carbocycles. The average Bonchev–Trinajstić information content (AvgIpc) is 2.46. The summed E-state index contributed by atoms with van der Waals surface area (Å²) in [6, 6.07) is -0.0877. The first-order valence-electron chi connectivity index (χ1n) is 4.66. The Balaban J connectivity index is 2.74. The van der Waals surface area contributed by atoms with Crippen molar-refractivity contribution in [3.8, 4) is 0 Å². The van der Waals surface area contributed by atoms with E-state index in [1.165, 1.54) is 0 Å². The first kappa shape index (κ1) is 13.3. The lowest BCUT2D eigenvalue weighted by molar-refractivity contribution is -0.689. The molecule has 0 spiro atoms. The van der Waals surface area contributed by atoms with Gasteiger partial charge in [-0.15, -0.1) is 0 Å². The third kappa shape index (κ3) is 3.96. The molecule has 1 saturated carbocycles. The van der Waals surface area contributed by atoms with Crippen LogP contribution in [0.1, 0.15) is 25.7 Å². The van der Waals surface area contributed by atoms with E-state index in [1.54, 1.807) is 0 Å². The molecule has 0 bridgehead atoms. The molecule has 0 heterocycles. The highest BCUT2D eigenvalue weighted by molar-refractivity contribution is 7.70. The number of nitrogens with two attached hydrogens (primary N) is 1. The Kier molecular flexibility index (Phi) is 4.12. The van der Waals surface area contributed by atoms with Crippen LogP contribution in [-0.2, 0) is 9.13 Å². The monoisotopic (exact) mass is 260 g/mol. The van der Waals surface area contributed by atoms with Gasteiger partial charge in [-0.1, -0.05) is 0 Å². The molecule has 1 rings (SSSR count). The van der Waals surface area contributed by atoms with Gasteiger partial charge < -0.3 is 24.9 Å². The summed E-state index contributed by atoms with van der Waals surface area (Å²) in [6.45, 7) is 0. The van der Waals surface area contributed by atoms with Crippen LogP contribution in [0.25, 0.3) is 0 Å². The molecule has 0 amide bonds. The van der Waals surface area contributed by atoms with Gasteiger partial charge in [0.1, 0.15) is 0 Å². The normalized spacial score (nSPS) is 20.1. The number of rotatable bonds is 4. The van der Waals surface area contributed by atoms with Crippen molar-refractivity contribution in [1.29, 1.82) is 0 Å². The lowest BCUT2D eigenvalue weighted by Crippen LogP contribution is -2.94. The van der Waals surface area contributed by atoms with Crippen LogP contribution in [-0.4, -0.2) is 31.1 Å². The summed E-state index contributed by atoms with van der Waals surface area (Å²) in [4.78, 5) is 35.4. The zero-order valence-corrected chi connectivity index (χ0v) is 9.85. The van der Waals surface area contributed by atoms with Crippen molar-refractivity contribution in [2.45, 2.75) is 37.2 Å². The van der Waals surface area contributed by atoms with Crippen LogP contribution >= 0.6 is 15.2 Å². The predicted molar refractivity (Wildman–Crippen MR) is 52.1 cm³/mol. The number of hydrogen-bond donors (Lipinski definition) is 5. The Labute approximate surface area is 87.2 Å². The van der Waals surface area contributed by atoms with Gasteiger partial charge in [-0.05, 0) is 25.7 Å². The Morgan fingerprint density at radius 1 is 1.00 bits per heavy atom. The largest absolute Gasteiger partial charge is 0.395 e. The van der Waals surface area contributed by atoms with Crippen LogP contribution in [0.15, 0.2) is 0 Å². The van der Waals surface area contributed by atoms with Gasteiger partial charge in [0.2, 0.25) is 0 Å². The molecular weight excluding hydrogens is 244 g/mol. The second-order valence-corrected chi connectivity index (χ2v) is 7.71. The molecule has 0 unspecified atom stereocenters. The van der Waals surface area contributed by atoms with Crippen LogP contribution in [0.5, 0.6) is 0 Å². The van der Waals surface area contributed by atoms with Crippen LogP contribution in [0.2, 0.25) is 0 Å². The van der Waals surface area contributed by atoms with Crippen LogP contribution in [0, 0.1) is 0 Å². The van der Waals surface area contributed by atoms with Crippen LogP contribution in [0.3, 0.4) is 0 Å². The molecule has 1 fully saturated rings. The molecule has 15 heavy (non-hydrogen) atoms. The quantitative estimate of drug-likeness (QED) is 0.417. The molecule has 90 valence electrons. The highest BCUT2D eigenvalue weighted by Crippen LogP contribution is 2.56. The summed E-state index contributed by atoms with van der Waals surface area (Å²) < 4.78 is 21.9. The summed E-state index contributed by atoms with van der Waals surface area (Å²) in [7, 11) is -9.54. The van der Waals surface area contributed by atoms with Crippen LogP contribution in [0.4, 0.5) is 0 Å². The van der Waals surface area contributed by atoms with E-state index >= 15 is 0 Å². The fourth-order valence-corrected chi connectivity index (χ4v) is 4.32. The van der Waals surface area contributed by atoms with Gasteiger partial charge in [-0.3, -0.25) is 9.13 Å². The lowest BCUT2D eigenvalue weighted by atomic mass is 10.3. The highest BCUT2D eigenvalue weighted by atomic mass is 31.2. The van der Waals surface area contributed by atoms with E-state index in [4.69, 9.17) is 19.6 Å². The molecule has 1 aliphatic carbocycles. The molecule has 6 N–H and O–H groups in total. The van der Waals surface area contributed by atoms with E-state index in [-0.39, 0.29) is 6.04 Å². The van der Waals surface area contributed by atoms with Gasteiger partial charge in [0, 0.05) is 0 Å². The number of hydrogen-bond acceptors (Lipinski definition) is 2. The SMILES string of the molecule is O=P(O)(O)C([NH2+]C1CCCC1)P(=O)(O)O. The maximum Gasteiger partial charge on any atom is 0.395 e. The Morgan fingerprint density at radius 2 is 1.40 bits per heavy atom. The Hall–Kier alpha value is 0.260. The van der Waals surface area contributed by atoms with E-state index in [9.17, 15) is 9.13 Å². The summed E-state index contributed by atoms with van der Waals surface area (Å²) >= 11 is 0. The molecule has 0 aliphatic heterocycles.